The smallest absolute Gasteiger partial charge is 0.410 e. The van der Waals surface area contributed by atoms with Gasteiger partial charge in [-0.3, -0.25) is 0 Å². The summed E-state index contributed by atoms with van der Waals surface area (Å²) in [5.41, 5.74) is -1.35. The molecular formula is C14H23NO6. The molecule has 21 heavy (non-hydrogen) atoms. The van der Waals surface area contributed by atoms with Crippen LogP contribution in [0.5, 0.6) is 0 Å². The van der Waals surface area contributed by atoms with Gasteiger partial charge in [-0.25, -0.2) is 9.59 Å². The van der Waals surface area contributed by atoms with Crippen molar-refractivity contribution < 1.29 is 29.3 Å². The number of amides is 1. The second-order valence-corrected chi connectivity index (χ2v) is 6.76. The van der Waals surface area contributed by atoms with Gasteiger partial charge in [-0.15, -0.1) is 0 Å². The van der Waals surface area contributed by atoms with Crippen molar-refractivity contribution in [3.63, 3.8) is 0 Å². The number of carbonyl (C=O) groups is 2. The molecular weight excluding hydrogens is 278 g/mol. The van der Waals surface area contributed by atoms with E-state index in [-0.39, 0.29) is 6.54 Å². The van der Waals surface area contributed by atoms with Gasteiger partial charge in [0.2, 0.25) is 0 Å². The van der Waals surface area contributed by atoms with Crippen molar-refractivity contribution in [2.24, 2.45) is 5.41 Å². The Bertz CT molecular complexity index is 426. The Labute approximate surface area is 123 Å². The van der Waals surface area contributed by atoms with Gasteiger partial charge in [-0.05, 0) is 33.6 Å². The zero-order chi connectivity index (χ0) is 15.8. The van der Waals surface area contributed by atoms with E-state index in [4.69, 9.17) is 14.6 Å². The van der Waals surface area contributed by atoms with Gasteiger partial charge in [0, 0.05) is 12.0 Å². The fourth-order valence-electron chi connectivity index (χ4n) is 2.65. The first-order valence-electron chi connectivity index (χ1n) is 7.16. The van der Waals surface area contributed by atoms with Crippen LogP contribution in [0.3, 0.4) is 0 Å². The lowest BCUT2D eigenvalue weighted by atomic mass is 9.91. The third kappa shape index (κ3) is 3.47. The highest BCUT2D eigenvalue weighted by molar-refractivity contribution is 5.74. The van der Waals surface area contributed by atoms with Crippen LogP contribution in [0.4, 0.5) is 4.79 Å². The van der Waals surface area contributed by atoms with E-state index in [9.17, 15) is 14.7 Å². The highest BCUT2D eigenvalue weighted by Gasteiger charge is 2.59. The predicted octanol–water partition coefficient (Wildman–Crippen LogP) is 0.848. The third-order valence-electron chi connectivity index (χ3n) is 3.97. The third-order valence-corrected chi connectivity index (χ3v) is 3.97. The molecule has 2 N–H and O–H groups in total. The summed E-state index contributed by atoms with van der Waals surface area (Å²) in [5, 5.41) is 18.9. The molecule has 0 bridgehead atoms. The van der Waals surface area contributed by atoms with E-state index in [0.29, 0.717) is 26.0 Å². The summed E-state index contributed by atoms with van der Waals surface area (Å²) in [4.78, 5) is 24.6. The maximum atomic E-state index is 12.1. The Balaban J connectivity index is 2.01. The van der Waals surface area contributed by atoms with Crippen LogP contribution in [0.25, 0.3) is 0 Å². The van der Waals surface area contributed by atoms with Gasteiger partial charge in [0.1, 0.15) is 5.60 Å². The first kappa shape index (κ1) is 16.0. The summed E-state index contributed by atoms with van der Waals surface area (Å²) >= 11 is 0. The van der Waals surface area contributed by atoms with E-state index in [0.717, 1.165) is 0 Å². The molecule has 1 saturated heterocycles. The number of carbonyl (C=O) groups excluding carboxylic acids is 1. The molecule has 7 heteroatoms. The zero-order valence-corrected chi connectivity index (χ0v) is 12.7. The molecule has 1 aliphatic heterocycles. The minimum atomic E-state index is -1.46. The number of hydrogen-bond acceptors (Lipinski definition) is 5. The number of aliphatic hydroxyl groups is 1. The fourth-order valence-corrected chi connectivity index (χ4v) is 2.65. The van der Waals surface area contributed by atoms with Gasteiger partial charge < -0.3 is 24.6 Å². The van der Waals surface area contributed by atoms with Gasteiger partial charge in [0.25, 0.3) is 0 Å². The lowest BCUT2D eigenvalue weighted by molar-refractivity contribution is -0.159. The van der Waals surface area contributed by atoms with Crippen molar-refractivity contribution in [1.29, 1.82) is 0 Å². The quantitative estimate of drug-likeness (QED) is 0.802. The maximum Gasteiger partial charge on any atom is 0.410 e. The van der Waals surface area contributed by atoms with E-state index in [2.05, 4.69) is 0 Å². The predicted molar refractivity (Wildman–Crippen MR) is 72.9 cm³/mol. The molecule has 1 aliphatic carbocycles. The van der Waals surface area contributed by atoms with Crippen molar-refractivity contribution in [2.75, 3.05) is 19.7 Å². The van der Waals surface area contributed by atoms with Crippen molar-refractivity contribution in [2.45, 2.75) is 51.4 Å². The topological polar surface area (TPSA) is 96.3 Å². The molecule has 2 fully saturated rings. The van der Waals surface area contributed by atoms with Gasteiger partial charge in [0.05, 0.1) is 19.3 Å². The molecule has 0 radical (unpaired) electrons. The summed E-state index contributed by atoms with van der Waals surface area (Å²) < 4.78 is 10.9. The average Bonchev–Trinajstić information content (AvgIpc) is 3.17. The summed E-state index contributed by atoms with van der Waals surface area (Å²) in [6.45, 7) is 6.35. The van der Waals surface area contributed by atoms with Crippen LogP contribution in [0.1, 0.15) is 33.6 Å². The molecule has 2 rings (SSSR count). The van der Waals surface area contributed by atoms with E-state index in [1.165, 1.54) is 4.90 Å². The molecule has 1 amide bonds. The van der Waals surface area contributed by atoms with Crippen LogP contribution in [-0.4, -0.2) is 64.7 Å². The van der Waals surface area contributed by atoms with Crippen LogP contribution < -0.4 is 0 Å². The monoisotopic (exact) mass is 301 g/mol. The molecule has 0 aromatic carbocycles. The SMILES string of the molecule is CC(C)(C)OC(=O)N1CCOC(C2(C(O)C(=O)O)CC2)C1. The Morgan fingerprint density at radius 1 is 1.38 bits per heavy atom. The minimum Gasteiger partial charge on any atom is -0.479 e. The molecule has 1 saturated carbocycles. The van der Waals surface area contributed by atoms with Gasteiger partial charge in [-0.1, -0.05) is 0 Å². The Kier molecular flexibility index (Phi) is 4.17. The average molecular weight is 301 g/mol. The first-order chi connectivity index (χ1) is 9.66. The van der Waals surface area contributed by atoms with Crippen molar-refractivity contribution in [3.8, 4) is 0 Å². The van der Waals surface area contributed by atoms with Crippen LogP contribution >= 0.6 is 0 Å². The molecule has 0 aromatic heterocycles. The van der Waals surface area contributed by atoms with Crippen molar-refractivity contribution in [1.82, 2.24) is 4.90 Å². The molecule has 120 valence electrons. The molecule has 2 atom stereocenters. The summed E-state index contributed by atoms with van der Waals surface area (Å²) in [6.07, 6.45) is -1.18. The van der Waals surface area contributed by atoms with Crippen LogP contribution in [-0.2, 0) is 14.3 Å². The second-order valence-electron chi connectivity index (χ2n) is 6.76. The number of aliphatic carboxylic acids is 1. The number of hydrogen-bond donors (Lipinski definition) is 2. The largest absolute Gasteiger partial charge is 0.479 e. The van der Waals surface area contributed by atoms with E-state index in [1.54, 1.807) is 20.8 Å². The van der Waals surface area contributed by atoms with Gasteiger partial charge >= 0.3 is 12.1 Å². The Morgan fingerprint density at radius 3 is 2.48 bits per heavy atom. The summed E-state index contributed by atoms with van der Waals surface area (Å²) in [6, 6.07) is 0. The highest BCUT2D eigenvalue weighted by atomic mass is 16.6. The number of ether oxygens (including phenoxy) is 2. The highest BCUT2D eigenvalue weighted by Crippen LogP contribution is 2.53. The number of carboxylic acids is 1. The van der Waals surface area contributed by atoms with E-state index >= 15 is 0 Å². The summed E-state index contributed by atoms with van der Waals surface area (Å²) in [7, 11) is 0. The fraction of sp³-hybridized carbons (Fsp3) is 0.857. The summed E-state index contributed by atoms with van der Waals surface area (Å²) in [5.74, 6) is -1.24. The second kappa shape index (κ2) is 5.46. The van der Waals surface area contributed by atoms with Crippen LogP contribution in [0, 0.1) is 5.41 Å². The molecule has 2 aliphatic rings. The molecule has 0 aromatic rings. The zero-order valence-electron chi connectivity index (χ0n) is 12.7. The maximum absolute atomic E-state index is 12.1. The lowest BCUT2D eigenvalue weighted by Crippen LogP contribution is -2.53. The standard InChI is InChI=1S/C14H23NO6/c1-13(2,3)21-12(19)15-6-7-20-9(8-15)14(4-5-14)10(16)11(17)18/h9-10,16H,4-8H2,1-3H3,(H,17,18). The molecule has 7 nitrogen and oxygen atoms in total. The molecule has 1 heterocycles. The Morgan fingerprint density at radius 2 is 2.00 bits per heavy atom. The van der Waals surface area contributed by atoms with E-state index in [1.807, 2.05) is 0 Å². The van der Waals surface area contributed by atoms with E-state index < -0.39 is 35.3 Å². The van der Waals surface area contributed by atoms with Crippen molar-refractivity contribution in [3.05, 3.63) is 0 Å². The van der Waals surface area contributed by atoms with Gasteiger partial charge in [-0.2, -0.15) is 0 Å². The number of aliphatic hydroxyl groups excluding tert-OH is 1. The number of morpholine rings is 1. The number of rotatable bonds is 3. The number of carboxylic acid groups (broad SMARTS) is 1. The molecule has 0 spiro atoms. The van der Waals surface area contributed by atoms with Gasteiger partial charge in [0.15, 0.2) is 6.10 Å². The normalized spacial score (nSPS) is 26.1. The van der Waals surface area contributed by atoms with Crippen LogP contribution in [0.2, 0.25) is 0 Å². The minimum absolute atomic E-state index is 0.249. The van der Waals surface area contributed by atoms with Crippen LogP contribution in [0.15, 0.2) is 0 Å². The first-order valence-corrected chi connectivity index (χ1v) is 7.16. The lowest BCUT2D eigenvalue weighted by Gasteiger charge is -2.38. The Hall–Kier alpha value is -1.34. The number of nitrogens with zero attached hydrogens (tertiary/aromatic N) is 1. The van der Waals surface area contributed by atoms with Crippen molar-refractivity contribution >= 4 is 12.1 Å². The molecule has 2 unspecified atom stereocenters.